The molecule has 0 fully saturated rings. The van der Waals surface area contributed by atoms with Crippen LogP contribution in [0.4, 0.5) is 0 Å². The maximum atomic E-state index is 5.86. The van der Waals surface area contributed by atoms with Gasteiger partial charge in [-0.2, -0.15) is 0 Å². The summed E-state index contributed by atoms with van der Waals surface area (Å²) in [4.78, 5) is 2.17. The van der Waals surface area contributed by atoms with Gasteiger partial charge in [-0.1, -0.05) is 0 Å². The van der Waals surface area contributed by atoms with Crippen LogP contribution in [0.3, 0.4) is 0 Å². The third-order valence-corrected chi connectivity index (χ3v) is 3.79. The number of rotatable bonds is 7. The zero-order valence-electron chi connectivity index (χ0n) is 15.0. The highest BCUT2D eigenvalue weighted by atomic mass is 16.5. The lowest BCUT2D eigenvalue weighted by Crippen LogP contribution is -2.42. The van der Waals surface area contributed by atoms with Crippen molar-refractivity contribution in [2.45, 2.75) is 65.8 Å². The third kappa shape index (κ3) is 6.20. The minimum Gasteiger partial charge on any atom is -0.465 e. The predicted molar refractivity (Wildman–Crippen MR) is 87.5 cm³/mol. The molecular formula is C17H32N2O2. The third-order valence-electron chi connectivity index (χ3n) is 3.79. The number of ether oxygens (including phenoxy) is 1. The van der Waals surface area contributed by atoms with E-state index in [4.69, 9.17) is 9.15 Å². The van der Waals surface area contributed by atoms with E-state index >= 15 is 0 Å². The number of hydrogen-bond donors (Lipinski definition) is 1. The van der Waals surface area contributed by atoms with Crippen LogP contribution < -0.4 is 5.32 Å². The first-order chi connectivity index (χ1) is 9.51. The van der Waals surface area contributed by atoms with Gasteiger partial charge in [0.2, 0.25) is 0 Å². The lowest BCUT2D eigenvalue weighted by Gasteiger charge is -2.32. The molecule has 0 unspecified atom stereocenters. The minimum absolute atomic E-state index is 0.0360. The molecule has 0 aliphatic carbocycles. The largest absolute Gasteiger partial charge is 0.465 e. The van der Waals surface area contributed by atoms with Gasteiger partial charge < -0.3 is 19.4 Å². The summed E-state index contributed by atoms with van der Waals surface area (Å²) in [6.45, 7) is 14.8. The van der Waals surface area contributed by atoms with Crippen molar-refractivity contribution in [1.29, 1.82) is 0 Å². The first kappa shape index (κ1) is 18.2. The quantitative estimate of drug-likeness (QED) is 0.837. The van der Waals surface area contributed by atoms with Crippen molar-refractivity contribution in [3.05, 3.63) is 23.2 Å². The van der Waals surface area contributed by atoms with Crippen LogP contribution >= 0.6 is 0 Å². The molecule has 4 nitrogen and oxygen atoms in total. The number of furan rings is 1. The Morgan fingerprint density at radius 2 is 1.81 bits per heavy atom. The van der Waals surface area contributed by atoms with Crippen molar-refractivity contribution >= 4 is 0 Å². The van der Waals surface area contributed by atoms with Gasteiger partial charge in [0.25, 0.3) is 0 Å². The average Bonchev–Trinajstić information content (AvgIpc) is 2.66. The maximum Gasteiger partial charge on any atom is 0.118 e. The van der Waals surface area contributed by atoms with Gasteiger partial charge in [0.15, 0.2) is 0 Å². The first-order valence-corrected chi connectivity index (χ1v) is 7.60. The fourth-order valence-corrected chi connectivity index (χ4v) is 1.71. The molecule has 1 aromatic heterocycles. The van der Waals surface area contributed by atoms with Crippen LogP contribution in [0.15, 0.2) is 10.5 Å². The first-order valence-electron chi connectivity index (χ1n) is 7.60. The van der Waals surface area contributed by atoms with Crippen molar-refractivity contribution in [2.24, 2.45) is 0 Å². The van der Waals surface area contributed by atoms with Gasteiger partial charge in [-0.15, -0.1) is 0 Å². The van der Waals surface area contributed by atoms with E-state index in [9.17, 15) is 0 Å². The summed E-state index contributed by atoms with van der Waals surface area (Å²) in [5.74, 6) is 1.91. The molecule has 1 heterocycles. The molecule has 1 aromatic rings. The summed E-state index contributed by atoms with van der Waals surface area (Å²) in [6, 6.07) is 2.09. The van der Waals surface area contributed by atoms with Crippen molar-refractivity contribution in [3.63, 3.8) is 0 Å². The van der Waals surface area contributed by atoms with Gasteiger partial charge in [0.05, 0.1) is 19.8 Å². The highest BCUT2D eigenvalue weighted by Gasteiger charge is 2.21. The molecule has 0 aromatic carbocycles. The Hall–Kier alpha value is -0.840. The molecule has 122 valence electrons. The Morgan fingerprint density at radius 3 is 2.33 bits per heavy atom. The molecule has 4 heteroatoms. The van der Waals surface area contributed by atoms with Crippen molar-refractivity contribution < 1.29 is 9.15 Å². The Labute approximate surface area is 129 Å². The molecule has 21 heavy (non-hydrogen) atoms. The standard InChI is InChI=1S/C17H32N2O2/c1-13-14(11-20-12-17(5,6)19(7)8)9-15(21-13)10-18-16(2,3)4/h9,18H,10-12H2,1-8H3. The van der Waals surface area contributed by atoms with Crippen LogP contribution in [0.1, 0.15) is 51.7 Å². The highest BCUT2D eigenvalue weighted by molar-refractivity contribution is 5.20. The normalized spacial score (nSPS) is 13.2. The Morgan fingerprint density at radius 1 is 1.19 bits per heavy atom. The Kier molecular flexibility index (Phi) is 6.02. The van der Waals surface area contributed by atoms with E-state index in [0.717, 1.165) is 23.6 Å². The zero-order chi connectivity index (χ0) is 16.3. The van der Waals surface area contributed by atoms with E-state index in [1.165, 1.54) is 0 Å². The molecule has 0 atom stereocenters. The number of hydrogen-bond acceptors (Lipinski definition) is 4. The van der Waals surface area contributed by atoms with Crippen LogP contribution in [0.5, 0.6) is 0 Å². The summed E-state index contributed by atoms with van der Waals surface area (Å²) in [5, 5.41) is 3.43. The number of nitrogens with zero attached hydrogens (tertiary/aromatic N) is 1. The smallest absolute Gasteiger partial charge is 0.118 e. The van der Waals surface area contributed by atoms with Gasteiger partial charge in [0, 0.05) is 16.6 Å². The fourth-order valence-electron chi connectivity index (χ4n) is 1.71. The summed E-state index contributed by atoms with van der Waals surface area (Å²) >= 11 is 0. The van der Waals surface area contributed by atoms with Crippen LogP contribution in [0.25, 0.3) is 0 Å². The van der Waals surface area contributed by atoms with E-state index < -0.39 is 0 Å². The van der Waals surface area contributed by atoms with Crippen molar-refractivity contribution in [1.82, 2.24) is 10.2 Å². The molecule has 0 saturated heterocycles. The Bertz CT molecular complexity index is 442. The molecule has 0 saturated carbocycles. The van der Waals surface area contributed by atoms with Gasteiger partial charge in [-0.25, -0.2) is 0 Å². The van der Waals surface area contributed by atoms with Crippen LogP contribution in [-0.2, 0) is 17.9 Å². The molecule has 0 radical (unpaired) electrons. The Balaban J connectivity index is 2.51. The molecular weight excluding hydrogens is 264 g/mol. The second-order valence-corrected chi connectivity index (χ2v) is 7.60. The average molecular weight is 296 g/mol. The van der Waals surface area contributed by atoms with Gasteiger partial charge in [0.1, 0.15) is 11.5 Å². The van der Waals surface area contributed by atoms with E-state index in [0.29, 0.717) is 13.2 Å². The lowest BCUT2D eigenvalue weighted by molar-refractivity contribution is 0.0270. The zero-order valence-corrected chi connectivity index (χ0v) is 15.0. The van der Waals surface area contributed by atoms with E-state index in [-0.39, 0.29) is 11.1 Å². The molecule has 1 N–H and O–H groups in total. The molecule has 0 aliphatic heterocycles. The summed E-state index contributed by atoms with van der Waals surface area (Å²) < 4.78 is 11.7. The maximum absolute atomic E-state index is 5.86. The van der Waals surface area contributed by atoms with Gasteiger partial charge >= 0.3 is 0 Å². The number of aryl methyl sites for hydroxylation is 1. The van der Waals surface area contributed by atoms with Crippen LogP contribution in [0.2, 0.25) is 0 Å². The summed E-state index contributed by atoms with van der Waals surface area (Å²) in [7, 11) is 4.14. The topological polar surface area (TPSA) is 37.6 Å². The molecule has 0 bridgehead atoms. The summed E-state index contributed by atoms with van der Waals surface area (Å²) in [5.41, 5.74) is 1.26. The van der Waals surface area contributed by atoms with E-state index in [1.807, 2.05) is 6.92 Å². The lowest BCUT2D eigenvalue weighted by atomic mass is 10.1. The number of nitrogens with one attached hydrogen (secondary N) is 1. The number of likely N-dealkylation sites (N-methyl/N-ethyl adjacent to an activating group) is 1. The van der Waals surface area contributed by atoms with Crippen LogP contribution in [0, 0.1) is 6.92 Å². The summed E-state index contributed by atoms with van der Waals surface area (Å²) in [6.07, 6.45) is 0. The molecule has 1 rings (SSSR count). The SMILES string of the molecule is Cc1oc(CNC(C)(C)C)cc1COCC(C)(C)N(C)C. The van der Waals surface area contributed by atoms with Crippen LogP contribution in [-0.4, -0.2) is 36.7 Å². The second kappa shape index (κ2) is 6.95. The van der Waals surface area contributed by atoms with Gasteiger partial charge in [-0.05, 0) is 61.7 Å². The minimum atomic E-state index is 0.0360. The predicted octanol–water partition coefficient (Wildman–Crippen LogP) is 3.33. The van der Waals surface area contributed by atoms with Gasteiger partial charge in [-0.3, -0.25) is 0 Å². The van der Waals surface area contributed by atoms with E-state index in [2.05, 4.69) is 65.0 Å². The molecule has 0 amide bonds. The van der Waals surface area contributed by atoms with E-state index in [1.54, 1.807) is 0 Å². The molecule has 0 spiro atoms. The highest BCUT2D eigenvalue weighted by Crippen LogP contribution is 2.18. The fraction of sp³-hybridized carbons (Fsp3) is 0.765. The monoisotopic (exact) mass is 296 g/mol. The second-order valence-electron chi connectivity index (χ2n) is 7.60. The van der Waals surface area contributed by atoms with Crippen molar-refractivity contribution in [2.75, 3.05) is 20.7 Å². The molecule has 0 aliphatic rings. The van der Waals surface area contributed by atoms with Crippen molar-refractivity contribution in [3.8, 4) is 0 Å².